The van der Waals surface area contributed by atoms with Gasteiger partial charge < -0.3 is 5.32 Å². The van der Waals surface area contributed by atoms with Crippen molar-refractivity contribution in [1.29, 1.82) is 0 Å². The highest BCUT2D eigenvalue weighted by Gasteiger charge is 2.54. The largest absolute Gasteiger partial charge is 0.326 e. The van der Waals surface area contributed by atoms with E-state index in [-0.39, 0.29) is 11.9 Å². The van der Waals surface area contributed by atoms with Gasteiger partial charge in [-0.25, -0.2) is 9.69 Å². The molecule has 2 heterocycles. The minimum Gasteiger partial charge on any atom is -0.319 e. The van der Waals surface area contributed by atoms with Crippen molar-refractivity contribution in [1.82, 2.24) is 15.1 Å². The molecule has 0 radical (unpaired) electrons. The molecule has 5 nitrogen and oxygen atoms in total. The molecule has 5 rings (SSSR count). The van der Waals surface area contributed by atoms with Crippen molar-refractivity contribution >= 4 is 11.9 Å². The zero-order chi connectivity index (χ0) is 18.4. The van der Waals surface area contributed by atoms with E-state index in [0.29, 0.717) is 13.1 Å². The number of amides is 3. The van der Waals surface area contributed by atoms with E-state index in [1.807, 2.05) is 24.3 Å². The van der Waals surface area contributed by atoms with Crippen LogP contribution in [-0.2, 0) is 29.7 Å². The molecule has 1 atom stereocenters. The summed E-state index contributed by atoms with van der Waals surface area (Å²) in [5.41, 5.74) is 3.92. The predicted molar refractivity (Wildman–Crippen MR) is 102 cm³/mol. The Morgan fingerprint density at radius 2 is 1.67 bits per heavy atom. The van der Waals surface area contributed by atoms with Crippen LogP contribution in [0.5, 0.6) is 0 Å². The van der Waals surface area contributed by atoms with Crippen molar-refractivity contribution in [2.75, 3.05) is 13.2 Å². The standard InChI is InChI=1S/C22H23N3O2/c26-20-22(12-5-9-17-7-3-4-10-19(17)22)23-21(27)25(20)15-24-13-11-16-6-1-2-8-18(16)14-24/h1-4,6-8,10H,5,9,11-15H2,(H,23,27)/t22-/m0/s1. The summed E-state index contributed by atoms with van der Waals surface area (Å²) < 4.78 is 0. The van der Waals surface area contributed by atoms with Crippen LogP contribution in [0.15, 0.2) is 48.5 Å². The first kappa shape index (κ1) is 16.5. The fourth-order valence-electron chi connectivity index (χ4n) is 4.81. The second-order valence-corrected chi connectivity index (χ2v) is 7.79. The first-order valence-electron chi connectivity index (χ1n) is 9.69. The van der Waals surface area contributed by atoms with Crippen LogP contribution in [0, 0.1) is 0 Å². The topological polar surface area (TPSA) is 52.7 Å². The third-order valence-electron chi connectivity index (χ3n) is 6.20. The Bertz CT molecular complexity index is 925. The molecule has 2 aliphatic heterocycles. The molecule has 0 saturated carbocycles. The summed E-state index contributed by atoms with van der Waals surface area (Å²) in [5, 5.41) is 3.04. The average molecular weight is 361 g/mol. The quantitative estimate of drug-likeness (QED) is 0.837. The number of hydrogen-bond donors (Lipinski definition) is 1. The second-order valence-electron chi connectivity index (χ2n) is 7.79. The third-order valence-corrected chi connectivity index (χ3v) is 6.20. The number of nitrogens with one attached hydrogen (secondary N) is 1. The van der Waals surface area contributed by atoms with Crippen LogP contribution in [0.25, 0.3) is 0 Å². The Morgan fingerprint density at radius 3 is 2.52 bits per heavy atom. The summed E-state index contributed by atoms with van der Waals surface area (Å²) in [7, 11) is 0. The van der Waals surface area contributed by atoms with Crippen LogP contribution in [0.1, 0.15) is 35.1 Å². The van der Waals surface area contributed by atoms with Gasteiger partial charge in [0.1, 0.15) is 5.54 Å². The zero-order valence-corrected chi connectivity index (χ0v) is 15.3. The molecule has 0 unspecified atom stereocenters. The monoisotopic (exact) mass is 361 g/mol. The van der Waals surface area contributed by atoms with E-state index >= 15 is 0 Å². The number of rotatable bonds is 2. The van der Waals surface area contributed by atoms with Crippen molar-refractivity contribution in [3.05, 3.63) is 70.8 Å². The zero-order valence-electron chi connectivity index (χ0n) is 15.3. The molecule has 3 aliphatic rings. The average Bonchev–Trinajstić information content (AvgIpc) is 2.93. The highest BCUT2D eigenvalue weighted by atomic mass is 16.2. The molecule has 1 saturated heterocycles. The number of nitrogens with zero attached hydrogens (tertiary/aromatic N) is 2. The molecule has 2 aromatic carbocycles. The number of benzene rings is 2. The predicted octanol–water partition coefficient (Wildman–Crippen LogP) is 2.79. The van der Waals surface area contributed by atoms with E-state index in [2.05, 4.69) is 34.5 Å². The fraction of sp³-hybridized carbons (Fsp3) is 0.364. The van der Waals surface area contributed by atoms with Gasteiger partial charge >= 0.3 is 6.03 Å². The lowest BCUT2D eigenvalue weighted by atomic mass is 9.76. The van der Waals surface area contributed by atoms with Gasteiger partial charge in [-0.3, -0.25) is 9.69 Å². The smallest absolute Gasteiger partial charge is 0.319 e. The van der Waals surface area contributed by atoms with Crippen LogP contribution < -0.4 is 5.32 Å². The molecule has 5 heteroatoms. The Balaban J connectivity index is 1.40. The van der Waals surface area contributed by atoms with Gasteiger partial charge in [0.05, 0.1) is 6.67 Å². The van der Waals surface area contributed by atoms with E-state index in [4.69, 9.17) is 0 Å². The number of carbonyl (C=O) groups is 2. The Labute approximate surface area is 159 Å². The van der Waals surface area contributed by atoms with Gasteiger partial charge in [0.25, 0.3) is 5.91 Å². The highest BCUT2D eigenvalue weighted by Crippen LogP contribution is 2.40. The van der Waals surface area contributed by atoms with Gasteiger partial charge in [0.2, 0.25) is 0 Å². The van der Waals surface area contributed by atoms with Crippen molar-refractivity contribution in [2.24, 2.45) is 0 Å². The van der Waals surface area contributed by atoms with E-state index < -0.39 is 5.54 Å². The summed E-state index contributed by atoms with van der Waals surface area (Å²) in [5.74, 6) is -0.0986. The molecule has 2 aromatic rings. The maximum Gasteiger partial charge on any atom is 0.326 e. The maximum atomic E-state index is 13.4. The molecule has 1 N–H and O–H groups in total. The van der Waals surface area contributed by atoms with Crippen molar-refractivity contribution in [3.63, 3.8) is 0 Å². The Morgan fingerprint density at radius 1 is 0.926 bits per heavy atom. The molecule has 1 aliphatic carbocycles. The normalized spacial score (nSPS) is 24.7. The number of imide groups is 1. The van der Waals surface area contributed by atoms with E-state index in [9.17, 15) is 9.59 Å². The minimum absolute atomic E-state index is 0.0986. The second kappa shape index (κ2) is 6.20. The molecule has 0 bridgehead atoms. The van der Waals surface area contributed by atoms with Gasteiger partial charge in [-0.1, -0.05) is 48.5 Å². The summed E-state index contributed by atoms with van der Waals surface area (Å²) >= 11 is 0. The number of urea groups is 1. The minimum atomic E-state index is -0.875. The number of hydrogen-bond acceptors (Lipinski definition) is 3. The first-order valence-corrected chi connectivity index (χ1v) is 9.69. The van der Waals surface area contributed by atoms with Gasteiger partial charge in [0, 0.05) is 13.1 Å². The number of fused-ring (bicyclic) bond motifs is 3. The summed E-state index contributed by atoms with van der Waals surface area (Å²) in [6.07, 6.45) is 3.50. The van der Waals surface area contributed by atoms with Crippen LogP contribution in [0.4, 0.5) is 4.79 Å². The molecule has 1 spiro atoms. The van der Waals surface area contributed by atoms with Crippen molar-refractivity contribution < 1.29 is 9.59 Å². The van der Waals surface area contributed by atoms with Gasteiger partial charge in [-0.2, -0.15) is 0 Å². The lowest BCUT2D eigenvalue weighted by molar-refractivity contribution is -0.133. The third kappa shape index (κ3) is 2.57. The maximum absolute atomic E-state index is 13.4. The van der Waals surface area contributed by atoms with Crippen LogP contribution in [-0.4, -0.2) is 35.0 Å². The number of carbonyl (C=O) groups excluding carboxylic acids is 2. The van der Waals surface area contributed by atoms with Crippen LogP contribution in [0.2, 0.25) is 0 Å². The molecule has 0 aromatic heterocycles. The Hall–Kier alpha value is -2.66. The Kier molecular flexibility index (Phi) is 3.79. The van der Waals surface area contributed by atoms with E-state index in [1.54, 1.807) is 0 Å². The summed E-state index contributed by atoms with van der Waals surface area (Å²) in [6, 6.07) is 16.2. The molecule has 3 amide bonds. The molecular formula is C22H23N3O2. The fourth-order valence-corrected chi connectivity index (χ4v) is 4.81. The van der Waals surface area contributed by atoms with Gasteiger partial charge in [0.15, 0.2) is 0 Å². The van der Waals surface area contributed by atoms with Gasteiger partial charge in [-0.15, -0.1) is 0 Å². The lowest BCUT2D eigenvalue weighted by Gasteiger charge is -2.34. The summed E-state index contributed by atoms with van der Waals surface area (Å²) in [4.78, 5) is 29.7. The highest BCUT2D eigenvalue weighted by molar-refractivity contribution is 6.07. The number of aryl methyl sites for hydroxylation is 1. The first-order chi connectivity index (χ1) is 13.2. The SMILES string of the molecule is O=C1N[C@]2(CCCc3ccccc32)C(=O)N1CN1CCc2ccccc2C1. The van der Waals surface area contributed by atoms with Crippen LogP contribution >= 0.6 is 0 Å². The molecular weight excluding hydrogens is 338 g/mol. The van der Waals surface area contributed by atoms with E-state index in [1.165, 1.54) is 21.6 Å². The molecule has 1 fully saturated rings. The van der Waals surface area contributed by atoms with Crippen molar-refractivity contribution in [2.45, 2.75) is 37.8 Å². The van der Waals surface area contributed by atoms with Gasteiger partial charge in [-0.05, 0) is 47.9 Å². The molecule has 27 heavy (non-hydrogen) atoms. The summed E-state index contributed by atoms with van der Waals surface area (Å²) in [6.45, 7) is 1.98. The van der Waals surface area contributed by atoms with E-state index in [0.717, 1.165) is 37.9 Å². The molecule has 138 valence electrons. The lowest BCUT2D eigenvalue weighted by Crippen LogP contribution is -2.47. The van der Waals surface area contributed by atoms with Crippen molar-refractivity contribution in [3.8, 4) is 0 Å². The van der Waals surface area contributed by atoms with Crippen LogP contribution in [0.3, 0.4) is 0 Å².